The maximum atomic E-state index is 12.5. The third-order valence-corrected chi connectivity index (χ3v) is 5.24. The van der Waals surface area contributed by atoms with E-state index in [4.69, 9.17) is 4.74 Å². The van der Waals surface area contributed by atoms with Crippen LogP contribution in [0.5, 0.6) is 0 Å². The van der Waals surface area contributed by atoms with E-state index >= 15 is 0 Å². The van der Waals surface area contributed by atoms with Gasteiger partial charge in [0.2, 0.25) is 5.91 Å². The quantitative estimate of drug-likeness (QED) is 0.723. The molecule has 2 unspecified atom stereocenters. The van der Waals surface area contributed by atoms with Crippen molar-refractivity contribution >= 4 is 5.91 Å². The lowest BCUT2D eigenvalue weighted by atomic mass is 9.85. The number of amides is 1. The maximum absolute atomic E-state index is 12.5. The van der Waals surface area contributed by atoms with Gasteiger partial charge in [-0.15, -0.1) is 0 Å². The lowest BCUT2D eigenvalue weighted by Gasteiger charge is -2.34. The van der Waals surface area contributed by atoms with Crippen molar-refractivity contribution in [3.63, 3.8) is 0 Å². The SMILES string of the molecule is C/C=C(\C=C/CN1CC(C)OC(C)C1)NC(=O)C1CCC(NC)CC1. The van der Waals surface area contributed by atoms with Crippen molar-refractivity contribution in [2.24, 2.45) is 5.92 Å². The second kappa shape index (κ2) is 10.1. The molecule has 5 heteroatoms. The first-order valence-corrected chi connectivity index (χ1v) is 9.70. The van der Waals surface area contributed by atoms with Crippen LogP contribution in [0.15, 0.2) is 23.9 Å². The van der Waals surface area contributed by atoms with E-state index in [0.717, 1.165) is 51.0 Å². The summed E-state index contributed by atoms with van der Waals surface area (Å²) >= 11 is 0. The fourth-order valence-electron chi connectivity index (χ4n) is 3.86. The second-order valence-corrected chi connectivity index (χ2v) is 7.45. The minimum absolute atomic E-state index is 0.147. The molecule has 0 aromatic carbocycles. The molecule has 2 N–H and O–H groups in total. The van der Waals surface area contributed by atoms with E-state index in [1.165, 1.54) is 0 Å². The average Bonchev–Trinajstić information content (AvgIpc) is 2.60. The fraction of sp³-hybridized carbons (Fsp3) is 0.750. The first-order valence-electron chi connectivity index (χ1n) is 9.70. The Kier molecular flexibility index (Phi) is 8.13. The molecular weight excluding hydrogens is 314 g/mol. The zero-order valence-electron chi connectivity index (χ0n) is 16.3. The van der Waals surface area contributed by atoms with Crippen molar-refractivity contribution < 1.29 is 9.53 Å². The predicted octanol–water partition coefficient (Wildman–Crippen LogP) is 2.45. The van der Waals surface area contributed by atoms with Crippen LogP contribution in [0.25, 0.3) is 0 Å². The Morgan fingerprint density at radius 1 is 1.16 bits per heavy atom. The molecule has 0 bridgehead atoms. The monoisotopic (exact) mass is 349 g/mol. The first-order chi connectivity index (χ1) is 12.0. The zero-order chi connectivity index (χ0) is 18.2. The van der Waals surface area contributed by atoms with Crippen LogP contribution in [0, 0.1) is 5.92 Å². The van der Waals surface area contributed by atoms with E-state index in [1.54, 1.807) is 0 Å². The summed E-state index contributed by atoms with van der Waals surface area (Å²) in [6.07, 6.45) is 10.8. The van der Waals surface area contributed by atoms with Crippen molar-refractivity contribution in [3.05, 3.63) is 23.9 Å². The molecule has 2 aliphatic rings. The van der Waals surface area contributed by atoms with Gasteiger partial charge in [0.15, 0.2) is 0 Å². The molecule has 1 heterocycles. The van der Waals surface area contributed by atoms with Gasteiger partial charge in [0.25, 0.3) is 0 Å². The molecule has 142 valence electrons. The van der Waals surface area contributed by atoms with Crippen molar-refractivity contribution in [1.29, 1.82) is 0 Å². The average molecular weight is 350 g/mol. The summed E-state index contributed by atoms with van der Waals surface area (Å²) in [6.45, 7) is 9.01. The molecule has 0 aromatic heterocycles. The van der Waals surface area contributed by atoms with Gasteiger partial charge in [-0.25, -0.2) is 0 Å². The Morgan fingerprint density at radius 2 is 1.80 bits per heavy atom. The number of carbonyl (C=O) groups is 1. The van der Waals surface area contributed by atoms with Crippen molar-refractivity contribution in [2.75, 3.05) is 26.7 Å². The maximum Gasteiger partial charge on any atom is 0.227 e. The number of hydrogen-bond acceptors (Lipinski definition) is 4. The van der Waals surface area contributed by atoms with Gasteiger partial charge in [0, 0.05) is 37.3 Å². The predicted molar refractivity (Wildman–Crippen MR) is 102 cm³/mol. The number of nitrogens with zero attached hydrogens (tertiary/aromatic N) is 1. The van der Waals surface area contributed by atoms with E-state index in [0.29, 0.717) is 6.04 Å². The Bertz CT molecular complexity index is 471. The van der Waals surface area contributed by atoms with Crippen LogP contribution in [-0.4, -0.2) is 55.7 Å². The zero-order valence-corrected chi connectivity index (χ0v) is 16.3. The molecule has 2 rings (SSSR count). The highest BCUT2D eigenvalue weighted by Gasteiger charge is 2.25. The second-order valence-electron chi connectivity index (χ2n) is 7.45. The highest BCUT2D eigenvalue weighted by molar-refractivity contribution is 5.80. The molecule has 2 fully saturated rings. The topological polar surface area (TPSA) is 53.6 Å². The highest BCUT2D eigenvalue weighted by atomic mass is 16.5. The molecule has 0 spiro atoms. The summed E-state index contributed by atoms with van der Waals surface area (Å²) in [5, 5.41) is 6.41. The number of carbonyl (C=O) groups excluding carboxylic acids is 1. The van der Waals surface area contributed by atoms with Gasteiger partial charge in [-0.05, 0) is 59.6 Å². The summed E-state index contributed by atoms with van der Waals surface area (Å²) in [5.74, 6) is 0.315. The summed E-state index contributed by atoms with van der Waals surface area (Å²) in [5.41, 5.74) is 0.898. The van der Waals surface area contributed by atoms with E-state index in [-0.39, 0.29) is 24.0 Å². The third kappa shape index (κ3) is 6.57. The smallest absolute Gasteiger partial charge is 0.227 e. The lowest BCUT2D eigenvalue weighted by molar-refractivity contribution is -0.125. The molecule has 1 amide bonds. The minimum Gasteiger partial charge on any atom is -0.373 e. The largest absolute Gasteiger partial charge is 0.373 e. The van der Waals surface area contributed by atoms with E-state index < -0.39 is 0 Å². The number of rotatable bonds is 6. The first kappa shape index (κ1) is 20.1. The summed E-state index contributed by atoms with van der Waals surface area (Å²) < 4.78 is 5.76. The van der Waals surface area contributed by atoms with Crippen LogP contribution in [0.3, 0.4) is 0 Å². The summed E-state index contributed by atoms with van der Waals surface area (Å²) in [4.78, 5) is 14.9. The van der Waals surface area contributed by atoms with Gasteiger partial charge in [-0.1, -0.05) is 12.2 Å². The van der Waals surface area contributed by atoms with Crippen LogP contribution < -0.4 is 10.6 Å². The minimum atomic E-state index is 0.147. The highest BCUT2D eigenvalue weighted by Crippen LogP contribution is 2.24. The van der Waals surface area contributed by atoms with E-state index in [9.17, 15) is 4.79 Å². The van der Waals surface area contributed by atoms with Crippen LogP contribution in [0.4, 0.5) is 0 Å². The Labute approximate surface area is 152 Å². The molecule has 0 aromatic rings. The number of allylic oxidation sites excluding steroid dienone is 2. The molecule has 0 radical (unpaired) electrons. The van der Waals surface area contributed by atoms with Gasteiger partial charge < -0.3 is 15.4 Å². The summed E-state index contributed by atoms with van der Waals surface area (Å²) in [6, 6.07) is 0.573. The molecular formula is C20H35N3O2. The Balaban J connectivity index is 1.77. The van der Waals surface area contributed by atoms with Crippen LogP contribution >= 0.6 is 0 Å². The number of nitrogens with one attached hydrogen (secondary N) is 2. The van der Waals surface area contributed by atoms with Gasteiger partial charge in [0.05, 0.1) is 12.2 Å². The van der Waals surface area contributed by atoms with Crippen molar-refractivity contribution in [2.45, 2.75) is 64.7 Å². The Morgan fingerprint density at radius 3 is 2.36 bits per heavy atom. The van der Waals surface area contributed by atoms with Crippen molar-refractivity contribution in [1.82, 2.24) is 15.5 Å². The van der Waals surface area contributed by atoms with Gasteiger partial charge >= 0.3 is 0 Å². The molecule has 25 heavy (non-hydrogen) atoms. The van der Waals surface area contributed by atoms with Crippen molar-refractivity contribution in [3.8, 4) is 0 Å². The number of morpholine rings is 1. The number of hydrogen-bond donors (Lipinski definition) is 2. The Hall–Kier alpha value is -1.17. The molecule has 2 atom stereocenters. The van der Waals surface area contributed by atoms with Crippen LogP contribution in [-0.2, 0) is 9.53 Å². The normalized spacial score (nSPS) is 32.1. The standard InChI is InChI=1S/C20H35N3O2/c1-5-18(7-6-12-23-13-15(2)25-16(3)14-23)22-20(24)17-8-10-19(21-4)11-9-17/h5-7,15-17,19,21H,8-14H2,1-4H3,(H,22,24)/b7-6-,18-5+. The van der Waals surface area contributed by atoms with Crippen LogP contribution in [0.2, 0.25) is 0 Å². The molecule has 1 saturated heterocycles. The number of ether oxygens (including phenoxy) is 1. The van der Waals surface area contributed by atoms with E-state index in [1.807, 2.05) is 26.1 Å². The van der Waals surface area contributed by atoms with Gasteiger partial charge in [0.1, 0.15) is 0 Å². The molecule has 1 aliphatic carbocycles. The fourth-order valence-corrected chi connectivity index (χ4v) is 3.86. The molecule has 1 aliphatic heterocycles. The lowest BCUT2D eigenvalue weighted by Crippen LogP contribution is -2.45. The van der Waals surface area contributed by atoms with Crippen LogP contribution in [0.1, 0.15) is 46.5 Å². The van der Waals surface area contributed by atoms with Gasteiger partial charge in [-0.2, -0.15) is 0 Å². The molecule has 1 saturated carbocycles. The third-order valence-electron chi connectivity index (χ3n) is 5.24. The van der Waals surface area contributed by atoms with Gasteiger partial charge in [-0.3, -0.25) is 9.69 Å². The summed E-state index contributed by atoms with van der Waals surface area (Å²) in [7, 11) is 2.00. The van der Waals surface area contributed by atoms with E-state index in [2.05, 4.69) is 35.5 Å². The molecule has 5 nitrogen and oxygen atoms in total.